The standard InChI is InChI=1S/C15H19N3O4S/c1-18(13-4-5-23(21,22)9-13)15(20)11-6-10(7-16-8-11)14(19)17-12-2-3-12/h6-8,12-13H,2-5,9H2,1H3,(H,17,19). The van der Waals surface area contributed by atoms with E-state index < -0.39 is 9.84 Å². The van der Waals surface area contributed by atoms with Crippen molar-refractivity contribution >= 4 is 21.7 Å². The third kappa shape index (κ3) is 3.69. The monoisotopic (exact) mass is 337 g/mol. The van der Waals surface area contributed by atoms with Crippen LogP contribution in [-0.4, -0.2) is 60.8 Å². The molecule has 1 aromatic rings. The van der Waals surface area contributed by atoms with E-state index in [4.69, 9.17) is 0 Å². The maximum absolute atomic E-state index is 12.5. The van der Waals surface area contributed by atoms with Crippen molar-refractivity contribution in [3.8, 4) is 0 Å². The summed E-state index contributed by atoms with van der Waals surface area (Å²) >= 11 is 0. The lowest BCUT2D eigenvalue weighted by Gasteiger charge is -2.23. The van der Waals surface area contributed by atoms with Gasteiger partial charge in [0, 0.05) is 31.5 Å². The Bertz CT molecular complexity index is 743. The number of sulfone groups is 1. The van der Waals surface area contributed by atoms with Gasteiger partial charge in [-0.1, -0.05) is 0 Å². The number of pyridine rings is 1. The number of aromatic nitrogens is 1. The third-order valence-corrected chi connectivity index (χ3v) is 5.99. The number of rotatable bonds is 4. The van der Waals surface area contributed by atoms with Crippen LogP contribution >= 0.6 is 0 Å². The normalized spacial score (nSPS) is 22.6. The van der Waals surface area contributed by atoms with Crippen LogP contribution in [0.25, 0.3) is 0 Å². The van der Waals surface area contributed by atoms with Crippen molar-refractivity contribution in [3.05, 3.63) is 29.6 Å². The molecule has 8 heteroatoms. The van der Waals surface area contributed by atoms with Gasteiger partial charge >= 0.3 is 0 Å². The summed E-state index contributed by atoms with van der Waals surface area (Å²) in [5.74, 6) is -0.455. The average Bonchev–Trinajstić information content (AvgIpc) is 3.26. The number of carbonyl (C=O) groups excluding carboxylic acids is 2. The Morgan fingerprint density at radius 3 is 2.52 bits per heavy atom. The van der Waals surface area contributed by atoms with Crippen molar-refractivity contribution in [2.45, 2.75) is 31.3 Å². The second-order valence-electron chi connectivity index (χ2n) is 6.18. The fourth-order valence-electron chi connectivity index (χ4n) is 2.63. The Balaban J connectivity index is 1.72. The van der Waals surface area contributed by atoms with Gasteiger partial charge in [-0.25, -0.2) is 8.42 Å². The minimum absolute atomic E-state index is 0.00940. The van der Waals surface area contributed by atoms with Gasteiger partial charge in [0.05, 0.1) is 22.6 Å². The highest BCUT2D eigenvalue weighted by Gasteiger charge is 2.33. The number of amides is 2. The molecule has 2 aliphatic rings. The molecule has 1 saturated carbocycles. The zero-order chi connectivity index (χ0) is 16.6. The van der Waals surface area contributed by atoms with Gasteiger partial charge in [0.2, 0.25) is 0 Å². The lowest BCUT2D eigenvalue weighted by molar-refractivity contribution is 0.0747. The van der Waals surface area contributed by atoms with Gasteiger partial charge in [-0.3, -0.25) is 14.6 Å². The van der Waals surface area contributed by atoms with E-state index in [2.05, 4.69) is 10.3 Å². The molecule has 0 bridgehead atoms. The molecule has 0 spiro atoms. The minimum atomic E-state index is -3.06. The maximum Gasteiger partial charge on any atom is 0.255 e. The Kier molecular flexibility index (Phi) is 4.09. The van der Waals surface area contributed by atoms with E-state index in [1.807, 2.05) is 0 Å². The molecule has 1 N–H and O–H groups in total. The van der Waals surface area contributed by atoms with Crippen LogP contribution in [0.1, 0.15) is 40.0 Å². The highest BCUT2D eigenvalue weighted by Crippen LogP contribution is 2.20. The SMILES string of the molecule is CN(C(=O)c1cncc(C(=O)NC2CC2)c1)C1CCS(=O)(=O)C1. The second kappa shape index (κ2) is 5.92. The Morgan fingerprint density at radius 2 is 1.91 bits per heavy atom. The predicted molar refractivity (Wildman–Crippen MR) is 83.9 cm³/mol. The fraction of sp³-hybridized carbons (Fsp3) is 0.533. The topological polar surface area (TPSA) is 96.4 Å². The molecule has 1 aromatic heterocycles. The molecule has 0 aromatic carbocycles. The van der Waals surface area contributed by atoms with Crippen LogP contribution in [0, 0.1) is 0 Å². The quantitative estimate of drug-likeness (QED) is 0.848. The van der Waals surface area contributed by atoms with Crippen LogP contribution in [0.5, 0.6) is 0 Å². The summed E-state index contributed by atoms with van der Waals surface area (Å²) in [6, 6.07) is 1.41. The molecular formula is C15H19N3O4S. The Hall–Kier alpha value is -1.96. The van der Waals surface area contributed by atoms with Crippen LogP contribution < -0.4 is 5.32 Å². The number of hydrogen-bond acceptors (Lipinski definition) is 5. The largest absolute Gasteiger partial charge is 0.349 e. The summed E-state index contributed by atoms with van der Waals surface area (Å²) in [6.45, 7) is 0. The first-order valence-corrected chi connectivity index (χ1v) is 9.41. The van der Waals surface area contributed by atoms with E-state index in [0.717, 1.165) is 12.8 Å². The smallest absolute Gasteiger partial charge is 0.255 e. The van der Waals surface area contributed by atoms with E-state index in [9.17, 15) is 18.0 Å². The maximum atomic E-state index is 12.5. The third-order valence-electron chi connectivity index (χ3n) is 4.24. The van der Waals surface area contributed by atoms with Crippen molar-refractivity contribution in [2.24, 2.45) is 0 Å². The first-order valence-electron chi connectivity index (χ1n) is 7.59. The van der Waals surface area contributed by atoms with E-state index in [-0.39, 0.29) is 35.4 Å². The predicted octanol–water partition coefficient (Wildman–Crippen LogP) is 0.233. The molecule has 3 rings (SSSR count). The molecule has 1 atom stereocenters. The summed E-state index contributed by atoms with van der Waals surface area (Å²) < 4.78 is 23.1. The zero-order valence-electron chi connectivity index (χ0n) is 12.9. The van der Waals surface area contributed by atoms with E-state index in [1.165, 1.54) is 23.4 Å². The summed E-state index contributed by atoms with van der Waals surface area (Å²) in [6.07, 6.45) is 5.23. The van der Waals surface area contributed by atoms with E-state index in [0.29, 0.717) is 17.5 Å². The van der Waals surface area contributed by atoms with Gasteiger partial charge in [-0.2, -0.15) is 0 Å². The first kappa shape index (κ1) is 15.9. The van der Waals surface area contributed by atoms with E-state index >= 15 is 0 Å². The number of carbonyl (C=O) groups is 2. The number of nitrogens with one attached hydrogen (secondary N) is 1. The molecule has 1 unspecified atom stereocenters. The van der Waals surface area contributed by atoms with Crippen LogP contribution in [0.2, 0.25) is 0 Å². The van der Waals surface area contributed by atoms with Crippen molar-refractivity contribution in [2.75, 3.05) is 18.6 Å². The molecule has 1 saturated heterocycles. The summed E-state index contributed by atoms with van der Waals surface area (Å²) in [4.78, 5) is 29.9. The molecule has 23 heavy (non-hydrogen) atoms. The molecule has 7 nitrogen and oxygen atoms in total. The van der Waals surface area contributed by atoms with Crippen molar-refractivity contribution < 1.29 is 18.0 Å². The first-order chi connectivity index (χ1) is 10.9. The van der Waals surface area contributed by atoms with Gasteiger partial charge in [-0.15, -0.1) is 0 Å². The van der Waals surface area contributed by atoms with Crippen molar-refractivity contribution in [1.29, 1.82) is 0 Å². The van der Waals surface area contributed by atoms with Crippen LogP contribution in [-0.2, 0) is 9.84 Å². The summed E-state index contributed by atoms with van der Waals surface area (Å²) in [5.41, 5.74) is 0.635. The number of nitrogens with zero attached hydrogens (tertiary/aromatic N) is 2. The molecule has 1 aliphatic heterocycles. The average molecular weight is 337 g/mol. The van der Waals surface area contributed by atoms with Gasteiger partial charge in [0.1, 0.15) is 0 Å². The van der Waals surface area contributed by atoms with Crippen molar-refractivity contribution in [3.63, 3.8) is 0 Å². The molecule has 124 valence electrons. The van der Waals surface area contributed by atoms with Gasteiger partial charge in [0.25, 0.3) is 11.8 Å². The van der Waals surface area contributed by atoms with Gasteiger partial charge < -0.3 is 10.2 Å². The highest BCUT2D eigenvalue weighted by molar-refractivity contribution is 7.91. The van der Waals surface area contributed by atoms with Crippen LogP contribution in [0.15, 0.2) is 18.5 Å². The van der Waals surface area contributed by atoms with Crippen LogP contribution in [0.3, 0.4) is 0 Å². The fourth-order valence-corrected chi connectivity index (χ4v) is 4.40. The molecule has 2 heterocycles. The molecule has 2 amide bonds. The molecule has 1 aliphatic carbocycles. The molecular weight excluding hydrogens is 318 g/mol. The van der Waals surface area contributed by atoms with E-state index in [1.54, 1.807) is 7.05 Å². The Labute approximate surface area is 135 Å². The minimum Gasteiger partial charge on any atom is -0.349 e. The van der Waals surface area contributed by atoms with Crippen LogP contribution in [0.4, 0.5) is 0 Å². The lowest BCUT2D eigenvalue weighted by Crippen LogP contribution is -2.38. The second-order valence-corrected chi connectivity index (χ2v) is 8.41. The lowest BCUT2D eigenvalue weighted by atomic mass is 10.1. The van der Waals surface area contributed by atoms with Crippen molar-refractivity contribution in [1.82, 2.24) is 15.2 Å². The molecule has 2 fully saturated rings. The Morgan fingerprint density at radius 1 is 1.22 bits per heavy atom. The summed E-state index contributed by atoms with van der Waals surface area (Å²) in [5, 5.41) is 2.85. The van der Waals surface area contributed by atoms with Gasteiger partial charge in [-0.05, 0) is 25.3 Å². The summed E-state index contributed by atoms with van der Waals surface area (Å²) in [7, 11) is -1.47. The highest BCUT2D eigenvalue weighted by atomic mass is 32.2. The van der Waals surface area contributed by atoms with Gasteiger partial charge in [0.15, 0.2) is 9.84 Å². The zero-order valence-corrected chi connectivity index (χ0v) is 13.7. The number of hydrogen-bond donors (Lipinski definition) is 1. The molecule has 0 radical (unpaired) electrons.